The highest BCUT2D eigenvalue weighted by Crippen LogP contribution is 2.51. The Hall–Kier alpha value is -1.82. The van der Waals surface area contributed by atoms with Crippen molar-refractivity contribution >= 4 is 5.97 Å². The van der Waals surface area contributed by atoms with Crippen LogP contribution in [0.25, 0.3) is 0 Å². The van der Waals surface area contributed by atoms with E-state index in [0.29, 0.717) is 5.92 Å². The van der Waals surface area contributed by atoms with E-state index in [1.165, 1.54) is 18.3 Å². The zero-order valence-electron chi connectivity index (χ0n) is 14.2. The third-order valence-corrected chi connectivity index (χ3v) is 5.27. The Kier molecular flexibility index (Phi) is 4.60. The number of hydrogen-bond acceptors (Lipinski definition) is 3. The van der Waals surface area contributed by atoms with Gasteiger partial charge in [-0.2, -0.15) is 5.26 Å². The molecular formula is C19H25NO2. The molecule has 0 aliphatic heterocycles. The molecule has 2 aliphatic carbocycles. The Labute approximate surface area is 133 Å². The summed E-state index contributed by atoms with van der Waals surface area (Å²) in [5.74, 6) is 0.0141. The maximum Gasteiger partial charge on any atom is 0.348 e. The lowest BCUT2D eigenvalue weighted by molar-refractivity contribution is -0.135. The van der Waals surface area contributed by atoms with Crippen LogP contribution in [0.1, 0.15) is 53.4 Å². The van der Waals surface area contributed by atoms with E-state index in [2.05, 4.69) is 26.8 Å². The Morgan fingerprint density at radius 2 is 2.00 bits per heavy atom. The van der Waals surface area contributed by atoms with E-state index in [1.807, 2.05) is 13.0 Å². The summed E-state index contributed by atoms with van der Waals surface area (Å²) in [6, 6.07) is 2.05. The summed E-state index contributed by atoms with van der Waals surface area (Å²) >= 11 is 0. The second kappa shape index (κ2) is 6.12. The van der Waals surface area contributed by atoms with Gasteiger partial charge in [0.05, 0.1) is 7.11 Å². The minimum Gasteiger partial charge on any atom is -0.465 e. The monoisotopic (exact) mass is 299 g/mol. The fraction of sp³-hybridized carbons (Fsp3) is 0.579. The number of ether oxygens (including phenoxy) is 1. The number of rotatable bonds is 2. The quantitative estimate of drug-likeness (QED) is 0.429. The van der Waals surface area contributed by atoms with Crippen molar-refractivity contribution in [2.24, 2.45) is 11.3 Å². The Balaban J connectivity index is 2.62. The standard InChI is InChI=1S/C19H25NO2/c1-12(2)14-6-8-19(4)9-7-15(13(3)17(19)10-14)16(11-20)18(21)22-5/h10,12H,6-9H2,1-5H3. The average molecular weight is 299 g/mol. The molecule has 0 aromatic heterocycles. The highest BCUT2D eigenvalue weighted by Gasteiger charge is 2.37. The maximum absolute atomic E-state index is 11.9. The lowest BCUT2D eigenvalue weighted by atomic mass is 9.63. The highest BCUT2D eigenvalue weighted by atomic mass is 16.5. The third kappa shape index (κ3) is 2.75. The van der Waals surface area contributed by atoms with Crippen molar-refractivity contribution in [2.45, 2.75) is 53.4 Å². The molecule has 0 aromatic rings. The van der Waals surface area contributed by atoms with Crippen LogP contribution in [0.2, 0.25) is 0 Å². The molecule has 3 heteroatoms. The largest absolute Gasteiger partial charge is 0.465 e. The lowest BCUT2D eigenvalue weighted by Gasteiger charge is -2.41. The summed E-state index contributed by atoms with van der Waals surface area (Å²) in [6.45, 7) is 8.79. The van der Waals surface area contributed by atoms with E-state index in [0.717, 1.165) is 36.8 Å². The number of nitrogens with zero attached hydrogens (tertiary/aromatic N) is 1. The first kappa shape index (κ1) is 16.5. The van der Waals surface area contributed by atoms with E-state index in [1.54, 1.807) is 0 Å². The van der Waals surface area contributed by atoms with Crippen molar-refractivity contribution in [3.63, 3.8) is 0 Å². The van der Waals surface area contributed by atoms with Gasteiger partial charge < -0.3 is 4.74 Å². The molecule has 0 saturated heterocycles. The summed E-state index contributed by atoms with van der Waals surface area (Å²) in [5, 5.41) is 9.35. The predicted molar refractivity (Wildman–Crippen MR) is 86.9 cm³/mol. The van der Waals surface area contributed by atoms with Crippen molar-refractivity contribution in [1.29, 1.82) is 5.26 Å². The molecule has 3 nitrogen and oxygen atoms in total. The van der Waals surface area contributed by atoms with Crippen LogP contribution in [0.4, 0.5) is 0 Å². The smallest absolute Gasteiger partial charge is 0.348 e. The van der Waals surface area contributed by atoms with Gasteiger partial charge in [-0.25, -0.2) is 4.79 Å². The van der Waals surface area contributed by atoms with Crippen molar-refractivity contribution in [3.8, 4) is 6.07 Å². The number of nitriles is 1. The number of allylic oxidation sites excluding steroid dienone is 5. The van der Waals surface area contributed by atoms with Crippen LogP contribution in [0, 0.1) is 22.7 Å². The summed E-state index contributed by atoms with van der Waals surface area (Å²) in [6.07, 6.45) is 6.37. The topological polar surface area (TPSA) is 50.1 Å². The number of hydrogen-bond donors (Lipinski definition) is 0. The Morgan fingerprint density at radius 1 is 1.36 bits per heavy atom. The molecule has 0 heterocycles. The number of esters is 1. The molecule has 2 rings (SSSR count). The Morgan fingerprint density at radius 3 is 2.55 bits per heavy atom. The van der Waals surface area contributed by atoms with Gasteiger partial charge in [-0.15, -0.1) is 0 Å². The summed E-state index contributed by atoms with van der Waals surface area (Å²) in [4.78, 5) is 11.9. The van der Waals surface area contributed by atoms with Crippen LogP contribution in [0.15, 0.2) is 33.9 Å². The molecular weight excluding hydrogens is 274 g/mol. The minimum atomic E-state index is -0.523. The molecule has 1 unspecified atom stereocenters. The van der Waals surface area contributed by atoms with Gasteiger partial charge in [0.15, 0.2) is 0 Å². The number of carbonyl (C=O) groups excluding carboxylic acids is 1. The molecule has 118 valence electrons. The molecule has 0 spiro atoms. The number of methoxy groups -OCH3 is 1. The van der Waals surface area contributed by atoms with Crippen molar-refractivity contribution in [2.75, 3.05) is 7.11 Å². The molecule has 1 atom stereocenters. The molecule has 0 fully saturated rings. The van der Waals surface area contributed by atoms with Crippen LogP contribution in [0.3, 0.4) is 0 Å². The van der Waals surface area contributed by atoms with Gasteiger partial charge >= 0.3 is 5.97 Å². The predicted octanol–water partition coefficient (Wildman–Crippen LogP) is 4.47. The van der Waals surface area contributed by atoms with Crippen molar-refractivity contribution < 1.29 is 9.53 Å². The minimum absolute atomic E-state index is 0.166. The van der Waals surface area contributed by atoms with E-state index < -0.39 is 5.97 Å². The molecule has 0 amide bonds. The maximum atomic E-state index is 11.9. The van der Waals surface area contributed by atoms with Crippen LogP contribution >= 0.6 is 0 Å². The SMILES string of the molecule is COC(=O)C(C#N)=C1CCC2(C)CCC(C(C)C)=CC2=C1C. The van der Waals surface area contributed by atoms with Crippen molar-refractivity contribution in [3.05, 3.63) is 33.9 Å². The Bertz CT molecular complexity index is 628. The van der Waals surface area contributed by atoms with Gasteiger partial charge in [0, 0.05) is 0 Å². The molecule has 0 bridgehead atoms. The van der Waals surface area contributed by atoms with Gasteiger partial charge in [-0.05, 0) is 60.7 Å². The van der Waals surface area contributed by atoms with Crippen molar-refractivity contribution in [1.82, 2.24) is 0 Å². The van der Waals surface area contributed by atoms with Gasteiger partial charge in [0.2, 0.25) is 0 Å². The first-order valence-electron chi connectivity index (χ1n) is 7.98. The third-order valence-electron chi connectivity index (χ3n) is 5.27. The second-order valence-electron chi connectivity index (χ2n) is 6.93. The van der Waals surface area contributed by atoms with Gasteiger partial charge in [0.1, 0.15) is 11.6 Å². The van der Waals surface area contributed by atoms with E-state index in [4.69, 9.17) is 4.74 Å². The highest BCUT2D eigenvalue weighted by molar-refractivity contribution is 5.94. The summed E-state index contributed by atoms with van der Waals surface area (Å²) in [5.41, 5.74) is 5.06. The zero-order valence-corrected chi connectivity index (χ0v) is 14.2. The first-order chi connectivity index (χ1) is 10.3. The van der Waals surface area contributed by atoms with Crippen LogP contribution in [-0.2, 0) is 9.53 Å². The summed E-state index contributed by atoms with van der Waals surface area (Å²) in [7, 11) is 1.33. The van der Waals surface area contributed by atoms with Gasteiger partial charge in [-0.3, -0.25) is 0 Å². The van der Waals surface area contributed by atoms with E-state index >= 15 is 0 Å². The molecule has 2 aliphatic rings. The van der Waals surface area contributed by atoms with E-state index in [-0.39, 0.29) is 11.0 Å². The second-order valence-corrected chi connectivity index (χ2v) is 6.93. The van der Waals surface area contributed by atoms with Crippen LogP contribution < -0.4 is 0 Å². The molecule has 0 aromatic carbocycles. The lowest BCUT2D eigenvalue weighted by Crippen LogP contribution is -2.28. The molecule has 22 heavy (non-hydrogen) atoms. The zero-order chi connectivity index (χ0) is 16.5. The fourth-order valence-corrected chi connectivity index (χ4v) is 3.66. The van der Waals surface area contributed by atoms with E-state index in [9.17, 15) is 10.1 Å². The van der Waals surface area contributed by atoms with Crippen LogP contribution in [0.5, 0.6) is 0 Å². The molecule has 0 saturated carbocycles. The number of carbonyl (C=O) groups is 1. The summed E-state index contributed by atoms with van der Waals surface area (Å²) < 4.78 is 4.77. The fourth-order valence-electron chi connectivity index (χ4n) is 3.66. The molecule has 0 radical (unpaired) electrons. The van der Waals surface area contributed by atoms with Gasteiger partial charge in [0.25, 0.3) is 0 Å². The van der Waals surface area contributed by atoms with Gasteiger partial charge in [-0.1, -0.05) is 32.4 Å². The average Bonchev–Trinajstić information content (AvgIpc) is 2.49. The molecule has 0 N–H and O–H groups in total. The first-order valence-corrected chi connectivity index (χ1v) is 7.98. The van der Waals surface area contributed by atoms with Crippen LogP contribution in [-0.4, -0.2) is 13.1 Å². The number of fused-ring (bicyclic) bond motifs is 1. The normalized spacial score (nSPS) is 27.0.